The van der Waals surface area contributed by atoms with Gasteiger partial charge < -0.3 is 10.0 Å². The van der Waals surface area contributed by atoms with Gasteiger partial charge in [-0.1, -0.05) is 23.2 Å². The highest BCUT2D eigenvalue weighted by molar-refractivity contribution is 8.00. The van der Waals surface area contributed by atoms with Crippen LogP contribution in [0, 0.1) is 5.92 Å². The molecule has 1 aromatic heterocycles. The van der Waals surface area contributed by atoms with Crippen LogP contribution in [0.25, 0.3) is 0 Å². The Morgan fingerprint density at radius 2 is 1.90 bits per heavy atom. The van der Waals surface area contributed by atoms with Crippen LogP contribution in [0.3, 0.4) is 0 Å². The summed E-state index contributed by atoms with van der Waals surface area (Å²) in [7, 11) is 0. The molecule has 0 bridgehead atoms. The molecular weight excluding hydrogens is 335 g/mol. The Bertz CT molecular complexity index is 589. The molecular formula is C13H12Cl2N2O3S. The van der Waals surface area contributed by atoms with Crippen LogP contribution < -0.4 is 0 Å². The molecule has 5 nitrogen and oxygen atoms in total. The van der Waals surface area contributed by atoms with Crippen molar-refractivity contribution in [2.75, 3.05) is 5.75 Å². The Balaban J connectivity index is 1.93. The van der Waals surface area contributed by atoms with Gasteiger partial charge in [-0.2, -0.15) is 0 Å². The lowest BCUT2D eigenvalue weighted by atomic mass is 10.1. The predicted octanol–water partition coefficient (Wildman–Crippen LogP) is 2.77. The number of hydrogen-bond donors (Lipinski definition) is 1. The van der Waals surface area contributed by atoms with Gasteiger partial charge >= 0.3 is 5.97 Å². The Labute approximate surface area is 135 Å². The van der Waals surface area contributed by atoms with Gasteiger partial charge in [0.05, 0.1) is 5.37 Å². The lowest BCUT2D eigenvalue weighted by Gasteiger charge is -2.27. The molecule has 1 saturated carbocycles. The second kappa shape index (κ2) is 5.66. The normalized spacial score (nSPS) is 25.1. The summed E-state index contributed by atoms with van der Waals surface area (Å²) in [6.45, 7) is 0. The second-order valence-corrected chi connectivity index (χ2v) is 7.05. The van der Waals surface area contributed by atoms with E-state index >= 15 is 0 Å². The van der Waals surface area contributed by atoms with Crippen LogP contribution in [0.1, 0.15) is 23.2 Å². The van der Waals surface area contributed by atoms with Crippen molar-refractivity contribution in [3.8, 4) is 0 Å². The summed E-state index contributed by atoms with van der Waals surface area (Å²) in [4.78, 5) is 29.4. The third kappa shape index (κ3) is 2.98. The SMILES string of the molecule is O=C(O)C1CSC(C2CC2)N1C(=O)c1cc(Cl)nc(Cl)c1. The fourth-order valence-corrected chi connectivity index (χ4v) is 4.55. The lowest BCUT2D eigenvalue weighted by molar-refractivity contribution is -0.141. The van der Waals surface area contributed by atoms with Crippen molar-refractivity contribution >= 4 is 46.8 Å². The molecule has 2 atom stereocenters. The third-order valence-corrected chi connectivity index (χ3v) is 5.44. The maximum Gasteiger partial charge on any atom is 0.327 e. The summed E-state index contributed by atoms with van der Waals surface area (Å²) in [6, 6.07) is 2.03. The molecule has 112 valence electrons. The van der Waals surface area contributed by atoms with Gasteiger partial charge in [0.2, 0.25) is 0 Å². The molecule has 1 aliphatic carbocycles. The van der Waals surface area contributed by atoms with E-state index in [4.69, 9.17) is 23.2 Å². The first-order valence-corrected chi connectivity index (χ1v) is 8.28. The van der Waals surface area contributed by atoms with Crippen molar-refractivity contribution < 1.29 is 14.7 Å². The largest absolute Gasteiger partial charge is 0.480 e. The van der Waals surface area contributed by atoms with Gasteiger partial charge in [0, 0.05) is 11.3 Å². The average molecular weight is 347 g/mol. The van der Waals surface area contributed by atoms with Gasteiger partial charge in [0.15, 0.2) is 0 Å². The number of carbonyl (C=O) groups excluding carboxylic acids is 1. The van der Waals surface area contributed by atoms with Gasteiger partial charge in [-0.15, -0.1) is 11.8 Å². The number of nitrogens with zero attached hydrogens (tertiary/aromatic N) is 2. The van der Waals surface area contributed by atoms with Crippen LogP contribution in [-0.2, 0) is 4.79 Å². The molecule has 2 fully saturated rings. The minimum atomic E-state index is -0.981. The zero-order valence-corrected chi connectivity index (χ0v) is 13.2. The molecule has 0 radical (unpaired) electrons. The topological polar surface area (TPSA) is 70.5 Å². The summed E-state index contributed by atoms with van der Waals surface area (Å²) < 4.78 is 0. The number of pyridine rings is 1. The molecule has 2 heterocycles. The van der Waals surface area contributed by atoms with Crippen LogP contribution in [-0.4, -0.2) is 44.0 Å². The molecule has 1 aliphatic heterocycles. The van der Waals surface area contributed by atoms with Crippen LogP contribution in [0.5, 0.6) is 0 Å². The molecule has 21 heavy (non-hydrogen) atoms. The van der Waals surface area contributed by atoms with E-state index in [2.05, 4.69) is 4.98 Å². The molecule has 1 aromatic rings. The van der Waals surface area contributed by atoms with E-state index < -0.39 is 12.0 Å². The van der Waals surface area contributed by atoms with Crippen molar-refractivity contribution in [3.05, 3.63) is 28.0 Å². The van der Waals surface area contributed by atoms with Crippen molar-refractivity contribution in [3.63, 3.8) is 0 Å². The van der Waals surface area contributed by atoms with Gasteiger partial charge in [0.25, 0.3) is 5.91 Å². The van der Waals surface area contributed by atoms with E-state index in [1.54, 1.807) is 0 Å². The molecule has 8 heteroatoms. The van der Waals surface area contributed by atoms with E-state index in [1.165, 1.54) is 28.8 Å². The molecule has 1 saturated heterocycles. The molecule has 1 amide bonds. The van der Waals surface area contributed by atoms with Crippen molar-refractivity contribution in [1.29, 1.82) is 0 Å². The molecule has 0 aromatic carbocycles. The zero-order chi connectivity index (χ0) is 15.1. The summed E-state index contributed by atoms with van der Waals surface area (Å²) in [5, 5.41) is 9.49. The molecule has 2 aliphatic rings. The molecule has 0 spiro atoms. The van der Waals surface area contributed by atoms with E-state index in [-0.39, 0.29) is 27.2 Å². The van der Waals surface area contributed by atoms with Crippen LogP contribution in [0.2, 0.25) is 10.3 Å². The van der Waals surface area contributed by atoms with E-state index in [0.717, 1.165) is 12.8 Å². The minimum Gasteiger partial charge on any atom is -0.480 e. The quantitative estimate of drug-likeness (QED) is 0.852. The van der Waals surface area contributed by atoms with E-state index in [9.17, 15) is 14.7 Å². The van der Waals surface area contributed by atoms with Crippen LogP contribution >= 0.6 is 35.0 Å². The predicted molar refractivity (Wildman–Crippen MR) is 80.8 cm³/mol. The van der Waals surface area contributed by atoms with Crippen molar-refractivity contribution in [2.45, 2.75) is 24.3 Å². The smallest absolute Gasteiger partial charge is 0.327 e. The number of hydrogen-bond acceptors (Lipinski definition) is 4. The number of halogens is 2. The molecule has 1 N–H and O–H groups in total. The average Bonchev–Trinajstić information content (AvgIpc) is 3.15. The number of carboxylic acids is 1. The highest BCUT2D eigenvalue weighted by atomic mass is 35.5. The Morgan fingerprint density at radius 1 is 1.29 bits per heavy atom. The van der Waals surface area contributed by atoms with E-state index in [0.29, 0.717) is 11.7 Å². The summed E-state index contributed by atoms with van der Waals surface area (Å²) in [5.41, 5.74) is 0.277. The molecule has 3 rings (SSSR count). The fourth-order valence-electron chi connectivity index (χ4n) is 2.46. The number of amides is 1. The van der Waals surface area contributed by atoms with Crippen molar-refractivity contribution in [1.82, 2.24) is 9.88 Å². The van der Waals surface area contributed by atoms with Crippen molar-refractivity contribution in [2.24, 2.45) is 5.92 Å². The maximum atomic E-state index is 12.7. The summed E-state index contributed by atoms with van der Waals surface area (Å²) in [6.07, 6.45) is 2.07. The monoisotopic (exact) mass is 346 g/mol. The highest BCUT2D eigenvalue weighted by Crippen LogP contribution is 2.46. The number of thioether (sulfide) groups is 1. The number of carbonyl (C=O) groups is 2. The third-order valence-electron chi connectivity index (χ3n) is 3.59. The van der Waals surface area contributed by atoms with Gasteiger partial charge in [0.1, 0.15) is 16.3 Å². The Kier molecular flexibility index (Phi) is 4.03. The number of rotatable bonds is 3. The number of carboxylic acid groups (broad SMARTS) is 1. The van der Waals surface area contributed by atoms with Gasteiger partial charge in [-0.25, -0.2) is 9.78 Å². The Hall–Kier alpha value is -0.980. The maximum absolute atomic E-state index is 12.7. The zero-order valence-electron chi connectivity index (χ0n) is 10.8. The van der Waals surface area contributed by atoms with Gasteiger partial charge in [-0.05, 0) is 30.9 Å². The number of aliphatic carboxylic acids is 1. The summed E-state index contributed by atoms with van der Waals surface area (Å²) >= 11 is 13.2. The highest BCUT2D eigenvalue weighted by Gasteiger charge is 2.48. The molecule has 2 unspecified atom stereocenters. The number of aromatic nitrogens is 1. The summed E-state index contributed by atoms with van der Waals surface area (Å²) in [5.74, 6) is -0.536. The van der Waals surface area contributed by atoms with Crippen LogP contribution in [0.15, 0.2) is 12.1 Å². The lowest BCUT2D eigenvalue weighted by Crippen LogP contribution is -2.46. The first-order valence-electron chi connectivity index (χ1n) is 6.47. The van der Waals surface area contributed by atoms with E-state index in [1.807, 2.05) is 0 Å². The second-order valence-electron chi connectivity index (χ2n) is 5.13. The fraction of sp³-hybridized carbons (Fsp3) is 0.462. The first kappa shape index (κ1) is 14.9. The first-order chi connectivity index (χ1) is 9.97. The Morgan fingerprint density at radius 3 is 2.43 bits per heavy atom. The standard InChI is InChI=1S/C13H12Cl2N2O3S/c14-9-3-7(4-10(15)16-9)11(18)17-8(13(19)20)5-21-12(17)6-1-2-6/h3-4,6,8,12H,1-2,5H2,(H,19,20). The minimum absolute atomic E-state index is 0.0793. The van der Waals surface area contributed by atoms with Crippen LogP contribution in [0.4, 0.5) is 0 Å². The van der Waals surface area contributed by atoms with Gasteiger partial charge in [-0.3, -0.25) is 4.79 Å².